The van der Waals surface area contributed by atoms with Crippen LogP contribution in [-0.2, 0) is 26.4 Å². The summed E-state index contributed by atoms with van der Waals surface area (Å²) in [5, 5.41) is 11.1. The van der Waals surface area contributed by atoms with Crippen molar-refractivity contribution in [1.82, 2.24) is 0 Å². The maximum Gasteiger partial charge on any atom is 0.426 e. The van der Waals surface area contributed by atoms with Crippen LogP contribution in [0.15, 0.2) is 57.2 Å². The van der Waals surface area contributed by atoms with Gasteiger partial charge in [-0.15, -0.1) is 0 Å². The van der Waals surface area contributed by atoms with Crippen molar-refractivity contribution in [1.29, 1.82) is 0 Å². The van der Waals surface area contributed by atoms with Crippen LogP contribution in [-0.4, -0.2) is 37.5 Å². The highest BCUT2D eigenvalue weighted by Gasteiger charge is 2.55. The van der Waals surface area contributed by atoms with Crippen LogP contribution < -0.4 is 5.32 Å². The van der Waals surface area contributed by atoms with E-state index in [1.165, 1.54) is 36.6 Å². The summed E-state index contributed by atoms with van der Waals surface area (Å²) in [4.78, 5) is 13.0. The predicted molar refractivity (Wildman–Crippen MR) is 100 cm³/mol. The monoisotopic (exact) mass is 453 g/mol. The van der Waals surface area contributed by atoms with Crippen molar-refractivity contribution in [3.8, 4) is 0 Å². The minimum Gasteiger partial charge on any atom is -0.373 e. The van der Waals surface area contributed by atoms with Gasteiger partial charge in [-0.25, -0.2) is 4.21 Å². The van der Waals surface area contributed by atoms with E-state index < -0.39 is 39.3 Å². The highest BCUT2D eigenvalue weighted by molar-refractivity contribution is 7.85. The van der Waals surface area contributed by atoms with Gasteiger partial charge in [-0.2, -0.15) is 13.2 Å². The Morgan fingerprint density at radius 1 is 1.04 bits per heavy atom. The summed E-state index contributed by atoms with van der Waals surface area (Å²) in [6, 6.07) is 9.97. The van der Waals surface area contributed by atoms with Crippen molar-refractivity contribution in [2.24, 2.45) is 0 Å². The molecule has 0 fully saturated rings. The number of carbonyl (C=O) groups excluding carboxylic acids is 1. The third kappa shape index (κ3) is 4.80. The fourth-order valence-corrected chi connectivity index (χ4v) is 3.86. The Kier molecular flexibility index (Phi) is 6.70. The van der Waals surface area contributed by atoms with Gasteiger partial charge in [0.2, 0.25) is 5.60 Å². The molecule has 0 spiro atoms. The molecule has 2 rings (SSSR count). The van der Waals surface area contributed by atoms with E-state index in [1.54, 1.807) is 12.1 Å². The number of aliphatic hydroxyl groups is 1. The summed E-state index contributed by atoms with van der Waals surface area (Å²) in [5.74, 6) is -1.70. The molecule has 11 heteroatoms. The first kappa shape index (κ1) is 22.5. The average Bonchev–Trinajstić information content (AvgIpc) is 2.61. The number of benzene rings is 2. The van der Waals surface area contributed by atoms with Crippen molar-refractivity contribution in [3.63, 3.8) is 0 Å². The molecule has 0 heterocycles. The number of nitrogens with one attached hydrogen (secondary N) is 1. The Hall–Kier alpha value is -1.75. The van der Waals surface area contributed by atoms with E-state index in [1.807, 2.05) is 5.32 Å². The molecule has 0 saturated heterocycles. The van der Waals surface area contributed by atoms with E-state index >= 15 is 0 Å². The van der Waals surface area contributed by atoms with E-state index in [0.29, 0.717) is 16.7 Å². The summed E-state index contributed by atoms with van der Waals surface area (Å²) >= 11 is 5.98. The number of hydrogen-bond donors (Lipinski definition) is 2. The second-order valence-corrected chi connectivity index (χ2v) is 9.13. The van der Waals surface area contributed by atoms with Gasteiger partial charge < -0.3 is 10.4 Å². The summed E-state index contributed by atoms with van der Waals surface area (Å²) < 4.78 is 62.2. The van der Waals surface area contributed by atoms with Gasteiger partial charge in [0.05, 0.1) is 21.5 Å². The van der Waals surface area contributed by atoms with Crippen LogP contribution in [0.5, 0.6) is 0 Å². The molecule has 0 aliphatic heterocycles. The number of alkyl halides is 3. The molecule has 0 aliphatic carbocycles. The number of hydrogen-bond acceptors (Lipinski definition) is 4. The molecule has 0 saturated carbocycles. The molecule has 0 bridgehead atoms. The number of amides is 1. The lowest BCUT2D eigenvalue weighted by Gasteiger charge is -2.25. The minimum absolute atomic E-state index is 0.150. The molecule has 2 aromatic rings. The van der Waals surface area contributed by atoms with Crippen LogP contribution in [0, 0.1) is 0 Å². The lowest BCUT2D eigenvalue weighted by molar-refractivity contribution is -0.242. The first-order valence-electron chi connectivity index (χ1n) is 7.60. The highest BCUT2D eigenvalue weighted by Crippen LogP contribution is 2.33. The van der Waals surface area contributed by atoms with Crippen LogP contribution in [0.4, 0.5) is 18.9 Å². The molecule has 28 heavy (non-hydrogen) atoms. The molecule has 0 aliphatic rings. The van der Waals surface area contributed by atoms with Gasteiger partial charge in [-0.3, -0.25) is 9.00 Å². The zero-order valence-electron chi connectivity index (χ0n) is 14.5. The maximum absolute atomic E-state index is 12.7. The Bertz CT molecular complexity index is 946. The van der Waals surface area contributed by atoms with Gasteiger partial charge >= 0.3 is 6.18 Å². The first-order valence-corrected chi connectivity index (χ1v) is 10.7. The molecule has 3 atom stereocenters. The standard InChI is InChI=1S/C17H15ClF3NO4S2/c1-16(24,17(19,20)21)15(23)22-14-8-7-12(9-13(14)18)28(26)11-5-3-10(4-6-11)27(2)25/h3-9,24H,1-2H3,(H,22,23). The number of carbonyl (C=O) groups is 1. The van der Waals surface area contributed by atoms with E-state index in [9.17, 15) is 31.5 Å². The van der Waals surface area contributed by atoms with Gasteiger partial charge in [0.25, 0.3) is 5.91 Å². The van der Waals surface area contributed by atoms with Crippen LogP contribution >= 0.6 is 11.6 Å². The van der Waals surface area contributed by atoms with Crippen LogP contribution in [0.25, 0.3) is 0 Å². The van der Waals surface area contributed by atoms with E-state index in [0.717, 1.165) is 0 Å². The number of anilines is 1. The SMILES string of the molecule is CS(=O)c1ccc(S(=O)c2ccc(NC(=O)C(C)(O)C(F)(F)F)c(Cl)c2)cc1. The number of rotatable bonds is 5. The molecule has 0 aromatic heterocycles. The smallest absolute Gasteiger partial charge is 0.373 e. The predicted octanol–water partition coefficient (Wildman–Crippen LogP) is 3.50. The molecule has 5 nitrogen and oxygen atoms in total. The first-order chi connectivity index (χ1) is 12.8. The van der Waals surface area contributed by atoms with Gasteiger partial charge in [-0.05, 0) is 49.4 Å². The van der Waals surface area contributed by atoms with E-state index in [2.05, 4.69) is 0 Å². The normalized spacial score (nSPS) is 16.1. The molecule has 0 radical (unpaired) electrons. The topological polar surface area (TPSA) is 83.5 Å². The van der Waals surface area contributed by atoms with Crippen LogP contribution in [0.1, 0.15) is 6.92 Å². The highest BCUT2D eigenvalue weighted by atomic mass is 35.5. The molecule has 2 N–H and O–H groups in total. The largest absolute Gasteiger partial charge is 0.426 e. The van der Waals surface area contributed by atoms with Crippen molar-refractivity contribution in [2.45, 2.75) is 33.4 Å². The molecule has 1 amide bonds. The van der Waals surface area contributed by atoms with Gasteiger partial charge in [-0.1, -0.05) is 11.6 Å². The van der Waals surface area contributed by atoms with Crippen LogP contribution in [0.3, 0.4) is 0 Å². The van der Waals surface area contributed by atoms with Gasteiger partial charge in [0.1, 0.15) is 0 Å². The summed E-state index contributed by atoms with van der Waals surface area (Å²) in [7, 11) is -2.84. The average molecular weight is 454 g/mol. The second kappa shape index (κ2) is 8.32. The third-order valence-corrected chi connectivity index (χ3v) is 6.40. The number of halogens is 4. The van der Waals surface area contributed by atoms with Gasteiger partial charge in [0, 0.05) is 31.7 Å². The van der Waals surface area contributed by atoms with E-state index in [-0.39, 0.29) is 15.6 Å². The Morgan fingerprint density at radius 2 is 1.54 bits per heavy atom. The van der Waals surface area contributed by atoms with Crippen LogP contribution in [0.2, 0.25) is 5.02 Å². The molecule has 3 unspecified atom stereocenters. The minimum atomic E-state index is -5.17. The summed E-state index contributed by atoms with van der Waals surface area (Å²) in [6.07, 6.45) is -3.66. The van der Waals surface area contributed by atoms with Crippen molar-refractivity contribution < 1.29 is 31.5 Å². The van der Waals surface area contributed by atoms with E-state index in [4.69, 9.17) is 11.6 Å². The Labute approximate surface area is 168 Å². The zero-order chi connectivity index (χ0) is 21.3. The maximum atomic E-state index is 12.7. The Morgan fingerprint density at radius 3 is 2.00 bits per heavy atom. The van der Waals surface area contributed by atoms with Crippen molar-refractivity contribution in [2.75, 3.05) is 11.6 Å². The van der Waals surface area contributed by atoms with Crippen molar-refractivity contribution >= 4 is 44.8 Å². The lowest BCUT2D eigenvalue weighted by Crippen LogP contribution is -2.52. The molecular formula is C17H15ClF3NO4S2. The molecule has 2 aromatic carbocycles. The lowest BCUT2D eigenvalue weighted by atomic mass is 10.1. The fourth-order valence-electron chi connectivity index (χ4n) is 1.98. The second-order valence-electron chi connectivity index (χ2n) is 5.86. The summed E-state index contributed by atoms with van der Waals surface area (Å²) in [6.45, 7) is 0.326. The fraction of sp³-hybridized carbons (Fsp3) is 0.235. The van der Waals surface area contributed by atoms with Crippen molar-refractivity contribution in [3.05, 3.63) is 47.5 Å². The molecular weight excluding hydrogens is 439 g/mol. The zero-order valence-corrected chi connectivity index (χ0v) is 16.9. The summed E-state index contributed by atoms with van der Waals surface area (Å²) in [5.41, 5.74) is -3.77. The third-order valence-electron chi connectivity index (χ3n) is 3.77. The molecule has 152 valence electrons. The van der Waals surface area contributed by atoms with Gasteiger partial charge in [0.15, 0.2) is 0 Å². The Balaban J connectivity index is 2.23. The quantitative estimate of drug-likeness (QED) is 0.726.